The molecule has 0 spiro atoms. The summed E-state index contributed by atoms with van der Waals surface area (Å²) in [6, 6.07) is 3.13. The van der Waals surface area contributed by atoms with Crippen molar-refractivity contribution in [1.82, 2.24) is 0 Å². The molecule has 5 heteroatoms. The molecule has 0 saturated carbocycles. The maximum atomic E-state index is 12.7. The average Bonchev–Trinajstić information content (AvgIpc) is 1.85. The van der Waals surface area contributed by atoms with Gasteiger partial charge in [0.15, 0.2) is 0 Å². The Morgan fingerprint density at radius 1 is 1.18 bits per heavy atom. The summed E-state index contributed by atoms with van der Waals surface area (Å²) in [7, 11) is 0. The van der Waals surface area contributed by atoms with Crippen molar-refractivity contribution < 1.29 is 8.78 Å². The van der Waals surface area contributed by atoms with E-state index in [4.69, 9.17) is 22.5 Å². The average molecular weight is 215 g/mol. The SMILES string of the molecule is Fc1ccc(P(Cl)Cl)c(F)c1. The van der Waals surface area contributed by atoms with Gasteiger partial charge in [-0.2, -0.15) is 0 Å². The van der Waals surface area contributed by atoms with E-state index >= 15 is 0 Å². The molecule has 0 unspecified atom stereocenters. The van der Waals surface area contributed by atoms with Crippen molar-refractivity contribution in [3.05, 3.63) is 29.8 Å². The number of benzene rings is 1. The first-order chi connectivity index (χ1) is 5.11. The Kier molecular flexibility index (Phi) is 3.06. The lowest BCUT2D eigenvalue weighted by Crippen LogP contribution is -2.01. The molecule has 0 aliphatic carbocycles. The summed E-state index contributed by atoms with van der Waals surface area (Å²) in [5.74, 6) is -1.32. The quantitative estimate of drug-likeness (QED) is 0.630. The van der Waals surface area contributed by atoms with Crippen LogP contribution in [0.2, 0.25) is 0 Å². The summed E-state index contributed by atoms with van der Waals surface area (Å²) < 4.78 is 25.0. The Labute approximate surface area is 73.5 Å². The predicted molar refractivity (Wildman–Crippen MR) is 44.6 cm³/mol. The summed E-state index contributed by atoms with van der Waals surface area (Å²) >= 11 is 10.9. The fourth-order valence-electron chi connectivity index (χ4n) is 0.618. The first kappa shape index (κ1) is 9.18. The number of halogens is 4. The highest BCUT2D eigenvalue weighted by atomic mass is 35.9. The lowest BCUT2D eigenvalue weighted by molar-refractivity contribution is 0.588. The molecule has 60 valence electrons. The molecule has 1 aromatic rings. The maximum absolute atomic E-state index is 12.7. The third kappa shape index (κ3) is 2.26. The second-order valence-electron chi connectivity index (χ2n) is 1.83. The molecule has 0 atom stereocenters. The van der Waals surface area contributed by atoms with Crippen LogP contribution in [0, 0.1) is 11.6 Å². The van der Waals surface area contributed by atoms with Crippen LogP contribution in [0.5, 0.6) is 0 Å². The molecule has 0 nitrogen and oxygen atoms in total. The normalized spacial score (nSPS) is 10.6. The summed E-state index contributed by atoms with van der Waals surface area (Å²) in [6.07, 6.45) is 0. The molecule has 11 heavy (non-hydrogen) atoms. The molecule has 0 aliphatic rings. The van der Waals surface area contributed by atoms with E-state index in [0.717, 1.165) is 12.1 Å². The van der Waals surface area contributed by atoms with Crippen molar-refractivity contribution in [2.45, 2.75) is 0 Å². The van der Waals surface area contributed by atoms with Crippen LogP contribution < -0.4 is 5.30 Å². The van der Waals surface area contributed by atoms with E-state index in [9.17, 15) is 8.78 Å². The highest BCUT2D eigenvalue weighted by Gasteiger charge is 2.10. The van der Waals surface area contributed by atoms with Gasteiger partial charge in [-0.3, -0.25) is 0 Å². The van der Waals surface area contributed by atoms with E-state index in [1.165, 1.54) is 6.07 Å². The fourth-order valence-corrected chi connectivity index (χ4v) is 1.85. The van der Waals surface area contributed by atoms with Gasteiger partial charge < -0.3 is 0 Å². The molecule has 0 amide bonds. The molecular formula is C6H3Cl2F2P. The fraction of sp³-hybridized carbons (Fsp3) is 0. The first-order valence-electron chi connectivity index (χ1n) is 2.68. The zero-order valence-electron chi connectivity index (χ0n) is 5.19. The van der Waals surface area contributed by atoms with Gasteiger partial charge in [0.1, 0.15) is 18.3 Å². The van der Waals surface area contributed by atoms with Crippen LogP contribution in [0.4, 0.5) is 8.78 Å². The Bertz CT molecular complexity index is 265. The van der Waals surface area contributed by atoms with Gasteiger partial charge in [0.25, 0.3) is 0 Å². The molecule has 0 N–H and O–H groups in total. The van der Waals surface area contributed by atoms with Crippen LogP contribution in [0.1, 0.15) is 0 Å². The molecule has 1 rings (SSSR count). The molecule has 0 fully saturated rings. The smallest absolute Gasteiger partial charge is 0.136 e. The lowest BCUT2D eigenvalue weighted by atomic mass is 10.3. The van der Waals surface area contributed by atoms with Crippen LogP contribution >= 0.6 is 29.1 Å². The second kappa shape index (κ2) is 3.66. The Hall–Kier alpha value is 0.0900. The van der Waals surface area contributed by atoms with Crippen molar-refractivity contribution in [2.24, 2.45) is 0 Å². The van der Waals surface area contributed by atoms with E-state index < -0.39 is 18.3 Å². The summed E-state index contributed by atoms with van der Waals surface area (Å²) in [5.41, 5.74) is 0. The van der Waals surface area contributed by atoms with Gasteiger partial charge >= 0.3 is 0 Å². The topological polar surface area (TPSA) is 0 Å². The van der Waals surface area contributed by atoms with Crippen LogP contribution in [-0.2, 0) is 0 Å². The molecule has 0 radical (unpaired) electrons. The molecular weight excluding hydrogens is 212 g/mol. The standard InChI is InChI=1S/C6H3Cl2F2P/c7-11(8)6-2-1-4(9)3-5(6)10/h1-3H. The number of rotatable bonds is 1. The summed E-state index contributed by atoms with van der Waals surface area (Å²) in [4.78, 5) is 0. The van der Waals surface area contributed by atoms with Crippen LogP contribution in [0.3, 0.4) is 0 Å². The van der Waals surface area contributed by atoms with Crippen LogP contribution in [0.15, 0.2) is 18.2 Å². The first-order valence-corrected chi connectivity index (χ1v) is 5.83. The monoisotopic (exact) mass is 214 g/mol. The van der Waals surface area contributed by atoms with Gasteiger partial charge in [0, 0.05) is 11.4 Å². The minimum atomic E-state index is -1.53. The minimum Gasteiger partial charge on any atom is -0.207 e. The van der Waals surface area contributed by atoms with E-state index in [2.05, 4.69) is 0 Å². The van der Waals surface area contributed by atoms with Gasteiger partial charge in [0.2, 0.25) is 0 Å². The van der Waals surface area contributed by atoms with Gasteiger partial charge in [-0.05, 0) is 12.1 Å². The van der Waals surface area contributed by atoms with Gasteiger partial charge in [-0.25, -0.2) is 8.78 Å². The van der Waals surface area contributed by atoms with Crippen molar-refractivity contribution in [1.29, 1.82) is 0 Å². The molecule has 0 heterocycles. The largest absolute Gasteiger partial charge is 0.207 e. The van der Waals surface area contributed by atoms with E-state index in [1.54, 1.807) is 0 Å². The van der Waals surface area contributed by atoms with E-state index in [1.807, 2.05) is 0 Å². The van der Waals surface area contributed by atoms with Crippen molar-refractivity contribution in [3.8, 4) is 0 Å². The van der Waals surface area contributed by atoms with Crippen LogP contribution in [-0.4, -0.2) is 0 Å². The Morgan fingerprint density at radius 3 is 2.27 bits per heavy atom. The number of hydrogen-bond donors (Lipinski definition) is 0. The van der Waals surface area contributed by atoms with Gasteiger partial charge in [-0.15, -0.1) is 0 Å². The summed E-state index contributed by atoms with van der Waals surface area (Å²) in [6.45, 7) is -1.53. The predicted octanol–water partition coefficient (Wildman–Crippen LogP) is 3.38. The minimum absolute atomic E-state index is 0.157. The Balaban J connectivity index is 3.09. The highest BCUT2D eigenvalue weighted by Crippen LogP contribution is 2.45. The lowest BCUT2D eigenvalue weighted by Gasteiger charge is -2.01. The third-order valence-electron chi connectivity index (χ3n) is 1.09. The molecule has 1 aromatic carbocycles. The zero-order chi connectivity index (χ0) is 8.43. The third-order valence-corrected chi connectivity index (χ3v) is 2.91. The highest BCUT2D eigenvalue weighted by molar-refractivity contribution is 8.08. The van der Waals surface area contributed by atoms with Gasteiger partial charge in [-0.1, -0.05) is 22.5 Å². The van der Waals surface area contributed by atoms with E-state index in [0.29, 0.717) is 0 Å². The summed E-state index contributed by atoms with van der Waals surface area (Å²) in [5, 5.41) is 0.157. The van der Waals surface area contributed by atoms with Crippen molar-refractivity contribution in [3.63, 3.8) is 0 Å². The van der Waals surface area contributed by atoms with Crippen molar-refractivity contribution >= 4 is 34.4 Å². The van der Waals surface area contributed by atoms with E-state index in [-0.39, 0.29) is 5.30 Å². The molecule has 0 aliphatic heterocycles. The number of hydrogen-bond acceptors (Lipinski definition) is 0. The second-order valence-corrected chi connectivity index (χ2v) is 5.32. The zero-order valence-corrected chi connectivity index (χ0v) is 7.60. The molecule has 0 saturated heterocycles. The Morgan fingerprint density at radius 2 is 1.82 bits per heavy atom. The molecule has 0 bridgehead atoms. The van der Waals surface area contributed by atoms with Gasteiger partial charge in [0.05, 0.1) is 0 Å². The molecule has 0 aromatic heterocycles. The van der Waals surface area contributed by atoms with Crippen molar-refractivity contribution in [2.75, 3.05) is 0 Å². The maximum Gasteiger partial charge on any atom is 0.136 e. The van der Waals surface area contributed by atoms with Crippen LogP contribution in [0.25, 0.3) is 0 Å².